The van der Waals surface area contributed by atoms with Crippen LogP contribution < -0.4 is 0 Å². The lowest BCUT2D eigenvalue weighted by Crippen LogP contribution is -2.40. The van der Waals surface area contributed by atoms with E-state index in [4.69, 9.17) is 4.84 Å². The van der Waals surface area contributed by atoms with Crippen molar-refractivity contribution in [3.63, 3.8) is 0 Å². The lowest BCUT2D eigenvalue weighted by atomic mass is 10.0. The minimum Gasteiger partial charge on any atom is -0.203 e. The Labute approximate surface area is 153 Å². The van der Waals surface area contributed by atoms with Gasteiger partial charge in [-0.25, -0.2) is 4.84 Å². The Hall–Kier alpha value is -0.0800. The highest BCUT2D eigenvalue weighted by atomic mass is 16.7. The SMILES string of the molecule is CCCCCCCCCCCCCCCCO[N+](C)(C)CCCC. The zero-order valence-corrected chi connectivity index (χ0v) is 17.6. The van der Waals surface area contributed by atoms with Crippen molar-refractivity contribution in [2.45, 2.75) is 117 Å². The normalized spacial score (nSPS) is 12.0. The molecule has 0 fully saturated rings. The van der Waals surface area contributed by atoms with Crippen molar-refractivity contribution >= 4 is 0 Å². The predicted octanol–water partition coefficient (Wildman–Crippen LogP) is 7.28. The zero-order chi connectivity index (χ0) is 17.9. The third-order valence-electron chi connectivity index (χ3n) is 4.99. The van der Waals surface area contributed by atoms with E-state index in [1.54, 1.807) is 0 Å². The molecule has 0 aromatic rings. The van der Waals surface area contributed by atoms with E-state index >= 15 is 0 Å². The molecule has 0 amide bonds. The topological polar surface area (TPSA) is 9.23 Å². The van der Waals surface area contributed by atoms with Gasteiger partial charge in [-0.15, -0.1) is 0 Å². The Morgan fingerprint density at radius 1 is 0.500 bits per heavy atom. The molecule has 0 N–H and O–H groups in total. The minimum absolute atomic E-state index is 0.728. The molecular formula is C22H48NO+. The van der Waals surface area contributed by atoms with Crippen LogP contribution in [-0.4, -0.2) is 31.9 Å². The molecule has 0 bridgehead atoms. The van der Waals surface area contributed by atoms with Crippen LogP contribution >= 0.6 is 0 Å². The van der Waals surface area contributed by atoms with E-state index in [1.165, 1.54) is 103 Å². The van der Waals surface area contributed by atoms with E-state index in [-0.39, 0.29) is 0 Å². The van der Waals surface area contributed by atoms with Crippen LogP contribution in [0, 0.1) is 0 Å². The third-order valence-corrected chi connectivity index (χ3v) is 4.99. The van der Waals surface area contributed by atoms with Gasteiger partial charge in [-0.2, -0.15) is 4.65 Å². The summed E-state index contributed by atoms with van der Waals surface area (Å²) in [6, 6.07) is 0. The van der Waals surface area contributed by atoms with Crippen LogP contribution in [0.25, 0.3) is 0 Å². The van der Waals surface area contributed by atoms with Gasteiger partial charge in [-0.1, -0.05) is 104 Å². The first-order chi connectivity index (χ1) is 11.6. The van der Waals surface area contributed by atoms with Gasteiger partial charge in [0.15, 0.2) is 0 Å². The second-order valence-corrected chi connectivity index (χ2v) is 8.08. The number of rotatable bonds is 19. The molecule has 0 saturated carbocycles. The highest BCUT2D eigenvalue weighted by Gasteiger charge is 2.14. The Balaban J connectivity index is 3.15. The first-order valence-corrected chi connectivity index (χ1v) is 11.1. The first kappa shape index (κ1) is 23.9. The van der Waals surface area contributed by atoms with Crippen LogP contribution in [0.5, 0.6) is 0 Å². The highest BCUT2D eigenvalue weighted by Crippen LogP contribution is 2.13. The van der Waals surface area contributed by atoms with Gasteiger partial charge in [0.05, 0.1) is 14.1 Å². The van der Waals surface area contributed by atoms with Crippen molar-refractivity contribution in [1.29, 1.82) is 0 Å². The summed E-state index contributed by atoms with van der Waals surface area (Å²) in [4.78, 5) is 5.98. The van der Waals surface area contributed by atoms with Crippen LogP contribution in [0.15, 0.2) is 0 Å². The number of quaternary nitrogens is 1. The quantitative estimate of drug-likeness (QED) is 0.136. The van der Waals surface area contributed by atoms with Crippen LogP contribution in [-0.2, 0) is 4.84 Å². The van der Waals surface area contributed by atoms with E-state index < -0.39 is 0 Å². The fraction of sp³-hybridized carbons (Fsp3) is 1.00. The molecule has 0 aromatic carbocycles. The van der Waals surface area contributed by atoms with E-state index in [1.807, 2.05) is 0 Å². The van der Waals surface area contributed by atoms with Gasteiger partial charge < -0.3 is 0 Å². The summed E-state index contributed by atoms with van der Waals surface area (Å²) in [6.45, 7) is 6.60. The van der Waals surface area contributed by atoms with Gasteiger partial charge in [0.25, 0.3) is 0 Å². The van der Waals surface area contributed by atoms with Crippen molar-refractivity contribution in [3.8, 4) is 0 Å². The summed E-state index contributed by atoms with van der Waals surface area (Å²) < 4.78 is 0.728. The fourth-order valence-corrected chi connectivity index (χ4v) is 3.21. The number of nitrogens with zero attached hydrogens (tertiary/aromatic N) is 1. The maximum Gasteiger partial charge on any atom is 0.108 e. The Bertz CT molecular complexity index is 240. The number of unbranched alkanes of at least 4 members (excludes halogenated alkanes) is 14. The van der Waals surface area contributed by atoms with E-state index in [0.29, 0.717) is 0 Å². The molecule has 0 aliphatic heterocycles. The van der Waals surface area contributed by atoms with Gasteiger partial charge in [-0.3, -0.25) is 0 Å². The average molecular weight is 343 g/mol. The van der Waals surface area contributed by atoms with Crippen LogP contribution in [0.4, 0.5) is 0 Å². The fourth-order valence-electron chi connectivity index (χ4n) is 3.21. The number of hydroxylamine groups is 3. The standard InChI is InChI=1S/C22H48NO/c1-5-7-9-10-11-12-13-14-15-16-17-18-19-20-22-24-23(3,4)21-8-6-2/h5-22H2,1-4H3/q+1. The molecule has 2 nitrogen and oxygen atoms in total. The van der Waals surface area contributed by atoms with E-state index in [0.717, 1.165) is 17.8 Å². The minimum atomic E-state index is 0.728. The summed E-state index contributed by atoms with van der Waals surface area (Å²) >= 11 is 0. The summed E-state index contributed by atoms with van der Waals surface area (Å²) in [5.41, 5.74) is 0. The molecule has 2 heteroatoms. The maximum atomic E-state index is 5.98. The molecule has 0 spiro atoms. The number of hydrogen-bond donors (Lipinski definition) is 0. The second kappa shape index (κ2) is 17.7. The summed E-state index contributed by atoms with van der Waals surface area (Å²) in [7, 11) is 4.36. The molecule has 0 atom stereocenters. The molecule has 0 heterocycles. The van der Waals surface area contributed by atoms with Crippen LogP contribution in [0.2, 0.25) is 0 Å². The predicted molar refractivity (Wildman–Crippen MR) is 108 cm³/mol. The van der Waals surface area contributed by atoms with Gasteiger partial charge in [0.2, 0.25) is 0 Å². The van der Waals surface area contributed by atoms with Crippen molar-refractivity contribution in [1.82, 2.24) is 0 Å². The largest absolute Gasteiger partial charge is 0.203 e. The molecule has 0 aliphatic rings. The van der Waals surface area contributed by atoms with Gasteiger partial charge in [0, 0.05) is 0 Å². The Morgan fingerprint density at radius 2 is 0.875 bits per heavy atom. The second-order valence-electron chi connectivity index (χ2n) is 8.08. The Morgan fingerprint density at radius 3 is 1.29 bits per heavy atom. The molecule has 146 valence electrons. The van der Waals surface area contributed by atoms with Crippen LogP contribution in [0.1, 0.15) is 117 Å². The average Bonchev–Trinajstić information content (AvgIpc) is 2.56. The monoisotopic (exact) mass is 342 g/mol. The third kappa shape index (κ3) is 18.3. The van der Waals surface area contributed by atoms with Crippen molar-refractivity contribution in [3.05, 3.63) is 0 Å². The molecule has 0 aromatic heterocycles. The molecule has 24 heavy (non-hydrogen) atoms. The summed E-state index contributed by atoms with van der Waals surface area (Å²) in [5, 5.41) is 0. The molecule has 0 radical (unpaired) electrons. The van der Waals surface area contributed by atoms with Crippen molar-refractivity contribution in [2.75, 3.05) is 27.2 Å². The molecule has 0 rings (SSSR count). The van der Waals surface area contributed by atoms with Gasteiger partial charge in [0.1, 0.15) is 13.2 Å². The Kier molecular flexibility index (Phi) is 17.7. The molecule has 0 aliphatic carbocycles. The maximum absolute atomic E-state index is 5.98. The van der Waals surface area contributed by atoms with E-state index in [9.17, 15) is 0 Å². The molecule has 0 unspecified atom stereocenters. The van der Waals surface area contributed by atoms with Crippen molar-refractivity contribution in [2.24, 2.45) is 0 Å². The zero-order valence-electron chi connectivity index (χ0n) is 17.6. The summed E-state index contributed by atoms with van der Waals surface area (Å²) in [5.74, 6) is 0. The van der Waals surface area contributed by atoms with E-state index in [2.05, 4.69) is 27.9 Å². The number of hydrogen-bond acceptors (Lipinski definition) is 1. The smallest absolute Gasteiger partial charge is 0.108 e. The molecule has 0 saturated heterocycles. The summed E-state index contributed by atoms with van der Waals surface area (Å²) in [6.07, 6.45) is 22.3. The highest BCUT2D eigenvalue weighted by molar-refractivity contribution is 4.49. The van der Waals surface area contributed by atoms with Crippen LogP contribution in [0.3, 0.4) is 0 Å². The lowest BCUT2D eigenvalue weighted by Gasteiger charge is -2.26. The van der Waals surface area contributed by atoms with Gasteiger partial charge in [-0.05, 0) is 12.8 Å². The lowest BCUT2D eigenvalue weighted by molar-refractivity contribution is -1.08. The molecular weight excluding hydrogens is 294 g/mol. The van der Waals surface area contributed by atoms with Crippen molar-refractivity contribution < 1.29 is 9.48 Å². The first-order valence-electron chi connectivity index (χ1n) is 11.1. The van der Waals surface area contributed by atoms with Gasteiger partial charge >= 0.3 is 0 Å².